The van der Waals surface area contributed by atoms with E-state index in [0.717, 1.165) is 33.2 Å². The predicted octanol–water partition coefficient (Wildman–Crippen LogP) is 6.62. The summed E-state index contributed by atoms with van der Waals surface area (Å²) in [6.07, 6.45) is 4.46. The number of nitrogens with one attached hydrogen (secondary N) is 1. The topological polar surface area (TPSA) is 103 Å². The molecule has 0 radical (unpaired) electrons. The second-order valence-corrected chi connectivity index (χ2v) is 10.7. The van der Waals surface area contributed by atoms with Crippen LogP contribution in [0.25, 0.3) is 16.8 Å². The maximum absolute atomic E-state index is 13.6. The van der Waals surface area contributed by atoms with Crippen molar-refractivity contribution in [2.24, 2.45) is 0 Å². The fraction of sp³-hybridized carbons (Fsp3) is 0.216. The van der Waals surface area contributed by atoms with Gasteiger partial charge in [-0.3, -0.25) is 19.8 Å². The van der Waals surface area contributed by atoms with Crippen molar-refractivity contribution in [2.45, 2.75) is 32.9 Å². The van der Waals surface area contributed by atoms with Crippen LogP contribution in [0, 0.1) is 0 Å². The molecule has 9 nitrogen and oxygen atoms in total. The van der Waals surface area contributed by atoms with Gasteiger partial charge in [0.15, 0.2) is 23.0 Å². The number of hydrogen-bond acceptors (Lipinski definition) is 7. The minimum Gasteiger partial charge on any atom is -0.493 e. The first-order valence-electron chi connectivity index (χ1n) is 15.0. The molecule has 46 heavy (non-hydrogen) atoms. The summed E-state index contributed by atoms with van der Waals surface area (Å²) in [5.41, 5.74) is 2.74. The summed E-state index contributed by atoms with van der Waals surface area (Å²) < 4.78 is 23.2. The molecule has 1 aliphatic rings. The first-order valence-corrected chi connectivity index (χ1v) is 15.0. The molecular formula is C37H36N2O7. The number of methoxy groups -OCH3 is 2. The lowest BCUT2D eigenvalue weighted by atomic mass is 10.0. The first-order chi connectivity index (χ1) is 22.4. The summed E-state index contributed by atoms with van der Waals surface area (Å²) in [5.74, 6) is 0.501. The van der Waals surface area contributed by atoms with E-state index in [1.807, 2.05) is 37.3 Å². The van der Waals surface area contributed by atoms with E-state index in [4.69, 9.17) is 18.9 Å². The normalized spacial score (nSPS) is 13.9. The summed E-state index contributed by atoms with van der Waals surface area (Å²) in [5, 5.41) is 4.49. The molecule has 0 unspecified atom stereocenters. The van der Waals surface area contributed by atoms with Crippen LogP contribution in [0.15, 0.2) is 91.0 Å². The van der Waals surface area contributed by atoms with E-state index in [0.29, 0.717) is 53.8 Å². The lowest BCUT2D eigenvalue weighted by molar-refractivity contribution is -0.130. The summed E-state index contributed by atoms with van der Waals surface area (Å²) in [6.45, 7) is 6.63. The van der Waals surface area contributed by atoms with Crippen LogP contribution < -0.4 is 24.3 Å². The molecule has 4 aromatic rings. The third kappa shape index (κ3) is 6.89. The Balaban J connectivity index is 1.42. The first kappa shape index (κ1) is 31.8. The second-order valence-electron chi connectivity index (χ2n) is 10.7. The average molecular weight is 621 g/mol. The number of carbonyl (C=O) groups excluding carboxylic acids is 3. The van der Waals surface area contributed by atoms with Crippen LogP contribution in [0.3, 0.4) is 0 Å². The fourth-order valence-electron chi connectivity index (χ4n) is 5.29. The highest BCUT2D eigenvalue weighted by Crippen LogP contribution is 2.36. The van der Waals surface area contributed by atoms with E-state index >= 15 is 0 Å². The maximum atomic E-state index is 13.6. The SMILES string of the molecule is C=CCc1cc(/C=C2\C(=O)NC(=O)N(Cc3ccc(OCCC)c(OC)c3)C2=O)cc(OC)c1OCc1cccc2ccccc12. The van der Waals surface area contributed by atoms with Gasteiger partial charge in [0.2, 0.25) is 0 Å². The monoisotopic (exact) mass is 620 g/mol. The van der Waals surface area contributed by atoms with E-state index < -0.39 is 17.8 Å². The van der Waals surface area contributed by atoms with Gasteiger partial charge < -0.3 is 18.9 Å². The number of allylic oxidation sites excluding steroid dienone is 1. The summed E-state index contributed by atoms with van der Waals surface area (Å²) in [6, 6.07) is 22.0. The Kier molecular flexibility index (Phi) is 10.0. The number of barbiturate groups is 1. The van der Waals surface area contributed by atoms with E-state index in [-0.39, 0.29) is 12.1 Å². The Bertz CT molecular complexity index is 1820. The Hall–Kier alpha value is -5.57. The molecule has 4 amide bonds. The number of rotatable bonds is 13. The van der Waals surface area contributed by atoms with Crippen molar-refractivity contribution in [1.29, 1.82) is 0 Å². The Morgan fingerprint density at radius 2 is 1.63 bits per heavy atom. The van der Waals surface area contributed by atoms with Crippen LogP contribution in [0.4, 0.5) is 4.79 Å². The zero-order valence-corrected chi connectivity index (χ0v) is 26.1. The number of benzene rings is 4. The van der Waals surface area contributed by atoms with Crippen molar-refractivity contribution in [3.8, 4) is 23.0 Å². The van der Waals surface area contributed by atoms with Crippen molar-refractivity contribution >= 4 is 34.7 Å². The van der Waals surface area contributed by atoms with Crippen molar-refractivity contribution < 1.29 is 33.3 Å². The molecule has 0 saturated carbocycles. The highest BCUT2D eigenvalue weighted by Gasteiger charge is 2.36. The van der Waals surface area contributed by atoms with E-state index in [2.05, 4.69) is 30.1 Å². The molecule has 0 bridgehead atoms. The van der Waals surface area contributed by atoms with Crippen LogP contribution in [0.2, 0.25) is 0 Å². The van der Waals surface area contributed by atoms with Crippen LogP contribution >= 0.6 is 0 Å². The number of carbonyl (C=O) groups is 3. The van der Waals surface area contributed by atoms with Gasteiger partial charge in [0, 0.05) is 5.56 Å². The zero-order valence-electron chi connectivity index (χ0n) is 26.1. The molecule has 5 rings (SSSR count). The molecule has 236 valence electrons. The average Bonchev–Trinajstić information content (AvgIpc) is 3.07. The molecule has 4 aromatic carbocycles. The molecule has 1 saturated heterocycles. The number of fused-ring (bicyclic) bond motifs is 1. The number of urea groups is 1. The minimum atomic E-state index is -0.806. The van der Waals surface area contributed by atoms with Gasteiger partial charge in [0.05, 0.1) is 27.4 Å². The number of ether oxygens (including phenoxy) is 4. The number of imide groups is 2. The van der Waals surface area contributed by atoms with E-state index in [1.54, 1.807) is 30.3 Å². The molecule has 1 heterocycles. The summed E-state index contributed by atoms with van der Waals surface area (Å²) in [4.78, 5) is 40.2. The molecule has 0 atom stereocenters. The van der Waals surface area contributed by atoms with Gasteiger partial charge in [-0.1, -0.05) is 61.5 Å². The van der Waals surface area contributed by atoms with Crippen molar-refractivity contribution in [1.82, 2.24) is 10.2 Å². The van der Waals surface area contributed by atoms with Crippen molar-refractivity contribution in [3.05, 3.63) is 113 Å². The summed E-state index contributed by atoms with van der Waals surface area (Å²) in [7, 11) is 3.05. The van der Waals surface area contributed by atoms with Gasteiger partial charge in [0.1, 0.15) is 12.2 Å². The lowest BCUT2D eigenvalue weighted by Crippen LogP contribution is -2.53. The highest BCUT2D eigenvalue weighted by molar-refractivity contribution is 6.31. The Morgan fingerprint density at radius 3 is 2.39 bits per heavy atom. The third-order valence-corrected chi connectivity index (χ3v) is 7.52. The predicted molar refractivity (Wildman–Crippen MR) is 176 cm³/mol. The molecular weight excluding hydrogens is 584 g/mol. The Morgan fingerprint density at radius 1 is 0.848 bits per heavy atom. The molecule has 0 spiro atoms. The Labute approximate surface area is 268 Å². The molecule has 1 aliphatic heterocycles. The molecule has 0 aromatic heterocycles. The zero-order chi connectivity index (χ0) is 32.6. The minimum absolute atomic E-state index is 0.0777. The van der Waals surface area contributed by atoms with Crippen LogP contribution in [0.1, 0.15) is 35.6 Å². The molecule has 1 N–H and O–H groups in total. The lowest BCUT2D eigenvalue weighted by Gasteiger charge is -2.26. The summed E-state index contributed by atoms with van der Waals surface area (Å²) >= 11 is 0. The van der Waals surface area contributed by atoms with Gasteiger partial charge in [0.25, 0.3) is 11.8 Å². The van der Waals surface area contributed by atoms with Gasteiger partial charge >= 0.3 is 6.03 Å². The van der Waals surface area contributed by atoms with Crippen LogP contribution in [0.5, 0.6) is 23.0 Å². The van der Waals surface area contributed by atoms with Gasteiger partial charge in [-0.25, -0.2) is 4.79 Å². The number of nitrogens with zero attached hydrogens (tertiary/aromatic N) is 1. The number of hydrogen-bond donors (Lipinski definition) is 1. The standard InChI is InChI=1S/C37H36N2O7/c1-5-10-27-18-25(21-33(44-4)34(27)46-23-28-13-9-12-26-11-7-8-14-29(26)28)19-30-35(40)38-37(42)39(36(30)41)22-24-15-16-31(45-17-6-2)32(20-24)43-3/h5,7-9,11-16,18-21H,1,6,10,17,22-23H2,2-4H3,(H,38,40,42)/b30-19+. The molecule has 0 aliphatic carbocycles. The van der Waals surface area contributed by atoms with E-state index in [1.165, 1.54) is 20.3 Å². The molecule has 9 heteroatoms. The smallest absolute Gasteiger partial charge is 0.331 e. The third-order valence-electron chi connectivity index (χ3n) is 7.52. The maximum Gasteiger partial charge on any atom is 0.331 e. The molecule has 1 fully saturated rings. The van der Waals surface area contributed by atoms with Crippen molar-refractivity contribution in [3.63, 3.8) is 0 Å². The highest BCUT2D eigenvalue weighted by atomic mass is 16.5. The quantitative estimate of drug-likeness (QED) is 0.102. The number of amides is 4. The van der Waals surface area contributed by atoms with Gasteiger partial charge in [-0.2, -0.15) is 0 Å². The van der Waals surface area contributed by atoms with Crippen LogP contribution in [-0.2, 0) is 29.2 Å². The van der Waals surface area contributed by atoms with Crippen molar-refractivity contribution in [2.75, 3.05) is 20.8 Å². The van der Waals surface area contributed by atoms with Gasteiger partial charge in [-0.05, 0) is 70.6 Å². The van der Waals surface area contributed by atoms with E-state index in [9.17, 15) is 14.4 Å². The second kappa shape index (κ2) is 14.5. The van der Waals surface area contributed by atoms with Crippen LogP contribution in [-0.4, -0.2) is 43.6 Å². The largest absolute Gasteiger partial charge is 0.493 e. The fourth-order valence-corrected chi connectivity index (χ4v) is 5.29. The van der Waals surface area contributed by atoms with Gasteiger partial charge in [-0.15, -0.1) is 6.58 Å².